The molecule has 3 aromatic rings. The van der Waals surface area contributed by atoms with Gasteiger partial charge in [0, 0.05) is 36.7 Å². The molecule has 2 aliphatic rings. The van der Waals surface area contributed by atoms with Gasteiger partial charge in [0.1, 0.15) is 28.5 Å². The summed E-state index contributed by atoms with van der Waals surface area (Å²) >= 11 is 0. The molecular weight excluding hydrogens is 444 g/mol. The number of fused-ring (bicyclic) bond motifs is 1. The molecule has 1 aliphatic carbocycles. The lowest BCUT2D eigenvalue weighted by Crippen LogP contribution is -2.15. The number of Topliss-reactive ketones (excluding diaryl/α,β-unsaturated/α-hetero) is 1. The molecule has 2 fully saturated rings. The van der Waals surface area contributed by atoms with Crippen LogP contribution in [0.15, 0.2) is 36.7 Å². The van der Waals surface area contributed by atoms with E-state index in [1.165, 1.54) is 13.2 Å². The Morgan fingerprint density at radius 3 is 2.74 bits per heavy atom. The van der Waals surface area contributed by atoms with Crippen molar-refractivity contribution in [1.82, 2.24) is 14.7 Å². The highest BCUT2D eigenvalue weighted by Crippen LogP contribution is 2.40. The van der Waals surface area contributed by atoms with Gasteiger partial charge in [0.15, 0.2) is 5.78 Å². The van der Waals surface area contributed by atoms with E-state index in [0.29, 0.717) is 41.8 Å². The number of ether oxygens (including phenoxy) is 3. The molecule has 7 nitrogen and oxygen atoms in total. The lowest BCUT2D eigenvalue weighted by Gasteiger charge is -2.16. The maximum Gasteiger partial charge on any atom is 0.387 e. The average Bonchev–Trinajstić information content (AvgIpc) is 3.30. The third-order valence-electron chi connectivity index (χ3n) is 6.38. The molecule has 0 radical (unpaired) electrons. The number of benzene rings is 1. The number of aromatic nitrogens is 2. The van der Waals surface area contributed by atoms with Crippen LogP contribution in [0.5, 0.6) is 17.2 Å². The Kier molecular flexibility index (Phi) is 6.36. The van der Waals surface area contributed by atoms with Gasteiger partial charge in [0.2, 0.25) is 0 Å². The number of methoxy groups -OCH3 is 1. The normalized spacial score (nSPS) is 17.9. The van der Waals surface area contributed by atoms with Crippen molar-refractivity contribution in [2.24, 2.45) is 11.8 Å². The number of alkyl halides is 2. The van der Waals surface area contributed by atoms with E-state index in [1.54, 1.807) is 12.3 Å². The van der Waals surface area contributed by atoms with Crippen LogP contribution in [0.25, 0.3) is 16.9 Å². The number of nitrogens with one attached hydrogen (secondary N) is 1. The van der Waals surface area contributed by atoms with E-state index in [9.17, 15) is 13.6 Å². The van der Waals surface area contributed by atoms with Gasteiger partial charge in [-0.1, -0.05) is 0 Å². The first-order chi connectivity index (χ1) is 16.5. The Bertz CT molecular complexity index is 1190. The van der Waals surface area contributed by atoms with Crippen LogP contribution < -0.4 is 19.5 Å². The SMILES string of the molecule is COc1cc(-c2cnc3cc(OC[C@H]4CCNC4)ccn23)cc(OC(F)F)c1C(=O)CC1CC1. The third kappa shape index (κ3) is 4.84. The topological polar surface area (TPSA) is 74.1 Å². The average molecular weight is 472 g/mol. The number of carbonyl (C=O) groups is 1. The molecule has 1 N–H and O–H groups in total. The van der Waals surface area contributed by atoms with Crippen LogP contribution in [0.2, 0.25) is 0 Å². The number of ketones is 1. The van der Waals surface area contributed by atoms with Gasteiger partial charge < -0.3 is 19.5 Å². The molecule has 5 rings (SSSR count). The second-order valence-corrected chi connectivity index (χ2v) is 8.90. The molecule has 1 saturated heterocycles. The van der Waals surface area contributed by atoms with Crippen molar-refractivity contribution in [3.63, 3.8) is 0 Å². The third-order valence-corrected chi connectivity index (χ3v) is 6.38. The highest BCUT2D eigenvalue weighted by molar-refractivity contribution is 6.02. The smallest absolute Gasteiger partial charge is 0.387 e. The molecular formula is C25H27F2N3O4. The molecule has 1 aromatic carbocycles. The van der Waals surface area contributed by atoms with Crippen molar-refractivity contribution < 1.29 is 27.8 Å². The minimum absolute atomic E-state index is 0.0596. The minimum Gasteiger partial charge on any atom is -0.496 e. The predicted octanol–water partition coefficient (Wildman–Crippen LogP) is 4.58. The van der Waals surface area contributed by atoms with Crippen LogP contribution in [0, 0.1) is 11.8 Å². The van der Waals surface area contributed by atoms with Crippen LogP contribution in [-0.2, 0) is 0 Å². The minimum atomic E-state index is -3.07. The fourth-order valence-corrected chi connectivity index (χ4v) is 4.38. The number of carbonyl (C=O) groups excluding carboxylic acids is 1. The first kappa shape index (κ1) is 22.6. The highest BCUT2D eigenvalue weighted by Gasteiger charge is 2.29. The fraction of sp³-hybridized carbons (Fsp3) is 0.440. The van der Waals surface area contributed by atoms with Gasteiger partial charge in [-0.25, -0.2) is 4.98 Å². The molecule has 9 heteroatoms. The van der Waals surface area contributed by atoms with Crippen LogP contribution >= 0.6 is 0 Å². The number of pyridine rings is 1. The Hall–Kier alpha value is -3.20. The maximum absolute atomic E-state index is 13.2. The van der Waals surface area contributed by atoms with Crippen molar-refractivity contribution in [3.05, 3.63) is 42.2 Å². The summed E-state index contributed by atoms with van der Waals surface area (Å²) in [5.41, 5.74) is 1.92. The van der Waals surface area contributed by atoms with Crippen molar-refractivity contribution in [3.8, 4) is 28.5 Å². The van der Waals surface area contributed by atoms with Gasteiger partial charge >= 0.3 is 6.61 Å². The molecule has 0 unspecified atom stereocenters. The van der Waals surface area contributed by atoms with E-state index < -0.39 is 6.61 Å². The Morgan fingerprint density at radius 1 is 1.21 bits per heavy atom. The highest BCUT2D eigenvalue weighted by atomic mass is 19.3. The molecule has 1 aliphatic heterocycles. The monoisotopic (exact) mass is 471 g/mol. The van der Waals surface area contributed by atoms with Crippen LogP contribution in [0.4, 0.5) is 8.78 Å². The summed E-state index contributed by atoms with van der Waals surface area (Å²) in [5.74, 6) is 1.29. The summed E-state index contributed by atoms with van der Waals surface area (Å²) in [6, 6.07) is 6.81. The molecule has 0 amide bonds. The summed E-state index contributed by atoms with van der Waals surface area (Å²) in [7, 11) is 1.41. The van der Waals surface area contributed by atoms with Crippen LogP contribution in [-0.4, -0.2) is 48.6 Å². The van der Waals surface area contributed by atoms with E-state index in [0.717, 1.165) is 38.1 Å². The van der Waals surface area contributed by atoms with Crippen molar-refractivity contribution >= 4 is 11.4 Å². The largest absolute Gasteiger partial charge is 0.496 e. The molecule has 2 aromatic heterocycles. The number of imidazole rings is 1. The zero-order chi connectivity index (χ0) is 23.7. The van der Waals surface area contributed by atoms with E-state index in [2.05, 4.69) is 10.3 Å². The van der Waals surface area contributed by atoms with Crippen molar-refractivity contribution in [2.75, 3.05) is 26.8 Å². The maximum atomic E-state index is 13.2. The molecule has 180 valence electrons. The summed E-state index contributed by atoms with van der Waals surface area (Å²) in [5, 5.41) is 3.32. The van der Waals surface area contributed by atoms with E-state index in [1.807, 2.05) is 22.7 Å². The van der Waals surface area contributed by atoms with Gasteiger partial charge in [-0.15, -0.1) is 0 Å². The standard InChI is InChI=1S/C25H27F2N3O4/c1-32-21-9-17(10-22(34-25(26)27)24(21)20(31)8-15-2-3-15)19-13-29-23-11-18(5-7-30(19)23)33-14-16-4-6-28-12-16/h5,7,9-11,13,15-16,25,28H,2-4,6,8,12,14H2,1H3/t16-/m0/s1. The van der Waals surface area contributed by atoms with Crippen molar-refractivity contribution in [2.45, 2.75) is 32.3 Å². The van der Waals surface area contributed by atoms with E-state index in [-0.39, 0.29) is 22.8 Å². The van der Waals surface area contributed by atoms with Crippen molar-refractivity contribution in [1.29, 1.82) is 0 Å². The molecule has 0 spiro atoms. The molecule has 0 bridgehead atoms. The number of rotatable bonds is 10. The van der Waals surface area contributed by atoms with Gasteiger partial charge in [-0.05, 0) is 49.9 Å². The lowest BCUT2D eigenvalue weighted by molar-refractivity contribution is -0.0502. The Labute approximate surface area is 196 Å². The summed E-state index contributed by atoms with van der Waals surface area (Å²) < 4.78 is 44.4. The summed E-state index contributed by atoms with van der Waals surface area (Å²) in [6.45, 7) is -0.454. The second-order valence-electron chi connectivity index (χ2n) is 8.90. The fourth-order valence-electron chi connectivity index (χ4n) is 4.38. The number of hydrogen-bond acceptors (Lipinski definition) is 6. The number of halogens is 2. The Morgan fingerprint density at radius 2 is 2.03 bits per heavy atom. The molecule has 3 heterocycles. The molecule has 34 heavy (non-hydrogen) atoms. The van der Waals surface area contributed by atoms with E-state index >= 15 is 0 Å². The van der Waals surface area contributed by atoms with Gasteiger partial charge in [-0.2, -0.15) is 8.78 Å². The van der Waals surface area contributed by atoms with Gasteiger partial charge in [-0.3, -0.25) is 9.20 Å². The quantitative estimate of drug-likeness (QED) is 0.437. The van der Waals surface area contributed by atoms with Crippen LogP contribution in [0.1, 0.15) is 36.0 Å². The zero-order valence-electron chi connectivity index (χ0n) is 18.9. The molecule has 1 saturated carbocycles. The van der Waals surface area contributed by atoms with Gasteiger partial charge in [0.25, 0.3) is 0 Å². The van der Waals surface area contributed by atoms with E-state index in [4.69, 9.17) is 14.2 Å². The first-order valence-corrected chi connectivity index (χ1v) is 11.5. The first-order valence-electron chi connectivity index (χ1n) is 11.5. The molecule has 1 atom stereocenters. The van der Waals surface area contributed by atoms with Crippen LogP contribution in [0.3, 0.4) is 0 Å². The number of hydrogen-bond donors (Lipinski definition) is 1. The Balaban J connectivity index is 1.46. The zero-order valence-corrected chi connectivity index (χ0v) is 18.9. The predicted molar refractivity (Wildman–Crippen MR) is 122 cm³/mol. The summed E-state index contributed by atoms with van der Waals surface area (Å²) in [4.78, 5) is 17.3. The van der Waals surface area contributed by atoms with Gasteiger partial charge in [0.05, 0.1) is 25.6 Å². The summed E-state index contributed by atoms with van der Waals surface area (Å²) in [6.07, 6.45) is 6.81. The lowest BCUT2D eigenvalue weighted by atomic mass is 10.00. The second kappa shape index (κ2) is 9.58. The number of nitrogens with zero attached hydrogens (tertiary/aromatic N) is 2.